The maximum Gasteiger partial charge on any atom is 0.282 e. The number of aromatic hydroxyl groups is 2. The molecule has 2 N–H and O–H groups in total. The Bertz CT molecular complexity index is 1360. The topological polar surface area (TPSA) is 70.7 Å². The first-order chi connectivity index (χ1) is 14.6. The number of rotatable bonds is 4. The van der Waals surface area contributed by atoms with Crippen molar-refractivity contribution in [3.63, 3.8) is 0 Å². The van der Waals surface area contributed by atoms with Crippen molar-refractivity contribution in [2.75, 3.05) is 0 Å². The van der Waals surface area contributed by atoms with Crippen molar-refractivity contribution in [1.29, 1.82) is 0 Å². The molecule has 146 valence electrons. The van der Waals surface area contributed by atoms with Crippen LogP contribution in [0.5, 0.6) is 11.7 Å². The maximum atomic E-state index is 13.3. The van der Waals surface area contributed by atoms with Crippen LogP contribution >= 0.6 is 11.3 Å². The van der Waals surface area contributed by atoms with Gasteiger partial charge in [-0.25, -0.2) is 0 Å². The molecule has 5 aromatic rings. The van der Waals surface area contributed by atoms with Crippen LogP contribution in [0.1, 0.15) is 15.2 Å². The van der Waals surface area contributed by atoms with Crippen molar-refractivity contribution >= 4 is 27.2 Å². The Hall–Kier alpha value is -3.83. The number of hydrogen-bond acceptors (Lipinski definition) is 5. The second-order valence-electron chi connectivity index (χ2n) is 6.90. The van der Waals surface area contributed by atoms with E-state index in [1.807, 2.05) is 48.5 Å². The molecule has 0 amide bonds. The fourth-order valence-electron chi connectivity index (χ4n) is 3.54. The highest BCUT2D eigenvalue weighted by molar-refractivity contribution is 7.21. The molecule has 0 spiro atoms. The highest BCUT2D eigenvalue weighted by Crippen LogP contribution is 2.41. The highest BCUT2D eigenvalue weighted by atomic mass is 32.1. The predicted octanol–water partition coefficient (Wildman–Crippen LogP) is 6.47. The number of phenols is 1. The zero-order chi connectivity index (χ0) is 20.7. The van der Waals surface area contributed by atoms with Gasteiger partial charge in [-0.1, -0.05) is 54.6 Å². The number of fused-ring (bicyclic) bond motifs is 1. The van der Waals surface area contributed by atoms with Gasteiger partial charge in [0.1, 0.15) is 11.5 Å². The van der Waals surface area contributed by atoms with E-state index in [0.29, 0.717) is 16.2 Å². The molecule has 30 heavy (non-hydrogen) atoms. The van der Waals surface area contributed by atoms with Gasteiger partial charge in [-0.15, -0.1) is 11.3 Å². The quantitative estimate of drug-likeness (QED) is 0.332. The molecule has 0 bridgehead atoms. The summed E-state index contributed by atoms with van der Waals surface area (Å²) in [5, 5.41) is 20.3. The monoisotopic (exact) mass is 412 g/mol. The lowest BCUT2D eigenvalue weighted by molar-refractivity contribution is 0.104. The largest absolute Gasteiger partial charge is 0.508 e. The van der Waals surface area contributed by atoms with Crippen LogP contribution in [0.2, 0.25) is 0 Å². The van der Waals surface area contributed by atoms with Gasteiger partial charge in [0, 0.05) is 32.8 Å². The molecule has 0 saturated heterocycles. The summed E-state index contributed by atoms with van der Waals surface area (Å²) in [6.45, 7) is 0. The number of carbonyl (C=O) groups excluding carboxylic acids is 1. The highest BCUT2D eigenvalue weighted by Gasteiger charge is 2.21. The predicted molar refractivity (Wildman–Crippen MR) is 118 cm³/mol. The molecule has 0 radical (unpaired) electrons. The number of carbonyl (C=O) groups is 1. The summed E-state index contributed by atoms with van der Waals surface area (Å²) in [6.07, 6.45) is 0. The normalized spacial score (nSPS) is 11.1. The van der Waals surface area contributed by atoms with Crippen LogP contribution in [0.3, 0.4) is 0 Å². The summed E-state index contributed by atoms with van der Waals surface area (Å²) in [7, 11) is 0. The second kappa shape index (κ2) is 7.21. The Morgan fingerprint density at radius 2 is 1.53 bits per heavy atom. The minimum absolute atomic E-state index is 0.0497. The van der Waals surface area contributed by atoms with E-state index >= 15 is 0 Å². The van der Waals surface area contributed by atoms with Crippen LogP contribution in [0.25, 0.3) is 32.5 Å². The van der Waals surface area contributed by atoms with Gasteiger partial charge in [0.2, 0.25) is 5.78 Å². The molecular weight excluding hydrogens is 396 g/mol. The van der Waals surface area contributed by atoms with E-state index in [4.69, 9.17) is 4.42 Å². The third kappa shape index (κ3) is 3.15. The van der Waals surface area contributed by atoms with Gasteiger partial charge in [-0.2, -0.15) is 0 Å². The summed E-state index contributed by atoms with van der Waals surface area (Å²) in [5.74, 6) is 0.557. The zero-order valence-electron chi connectivity index (χ0n) is 15.7. The molecule has 0 aliphatic heterocycles. The molecule has 5 rings (SSSR count). The summed E-state index contributed by atoms with van der Waals surface area (Å²) in [4.78, 5) is 13.9. The first kappa shape index (κ1) is 18.2. The fraction of sp³-hybridized carbons (Fsp3) is 0. The van der Waals surface area contributed by atoms with Gasteiger partial charge in [0.15, 0.2) is 0 Å². The van der Waals surface area contributed by atoms with Crippen molar-refractivity contribution in [1.82, 2.24) is 0 Å². The van der Waals surface area contributed by atoms with Crippen LogP contribution < -0.4 is 0 Å². The van der Waals surface area contributed by atoms with E-state index in [9.17, 15) is 15.0 Å². The molecule has 0 aliphatic carbocycles. The minimum atomic E-state index is -0.131. The molecule has 2 aromatic heterocycles. The summed E-state index contributed by atoms with van der Waals surface area (Å²) >= 11 is 1.38. The number of ketones is 1. The fourth-order valence-corrected chi connectivity index (χ4v) is 4.76. The Kier molecular flexibility index (Phi) is 4.38. The van der Waals surface area contributed by atoms with E-state index in [0.717, 1.165) is 26.8 Å². The number of furan rings is 1. The zero-order valence-corrected chi connectivity index (χ0v) is 16.5. The van der Waals surface area contributed by atoms with Crippen molar-refractivity contribution in [2.45, 2.75) is 0 Å². The van der Waals surface area contributed by atoms with Gasteiger partial charge in [0.05, 0.1) is 4.88 Å². The van der Waals surface area contributed by atoms with E-state index in [1.54, 1.807) is 30.3 Å². The van der Waals surface area contributed by atoms with Crippen LogP contribution in [-0.2, 0) is 0 Å². The van der Waals surface area contributed by atoms with Gasteiger partial charge in [-0.05, 0) is 29.8 Å². The van der Waals surface area contributed by atoms with Crippen molar-refractivity contribution in [2.24, 2.45) is 0 Å². The summed E-state index contributed by atoms with van der Waals surface area (Å²) in [5.41, 5.74) is 3.19. The average molecular weight is 412 g/mol. The standard InChI is InChI=1S/C25H16O4S/c26-18-10-11-19-21(14-18)30-25(24(28)17-4-2-1-3-5-17)23(19)16-8-6-15(7-9-16)20-12-13-22(27)29-20/h1-14,26-27H. The molecule has 3 aromatic carbocycles. The Labute approximate surface area is 176 Å². The lowest BCUT2D eigenvalue weighted by Crippen LogP contribution is -2.00. The molecule has 0 fully saturated rings. The third-order valence-corrected chi connectivity index (χ3v) is 6.12. The first-order valence-corrected chi connectivity index (χ1v) is 10.2. The van der Waals surface area contributed by atoms with Crippen LogP contribution in [0.4, 0.5) is 0 Å². The number of benzene rings is 3. The lowest BCUT2D eigenvalue weighted by atomic mass is 9.97. The van der Waals surface area contributed by atoms with E-state index in [2.05, 4.69) is 0 Å². The van der Waals surface area contributed by atoms with E-state index in [1.165, 1.54) is 17.4 Å². The van der Waals surface area contributed by atoms with Gasteiger partial charge >= 0.3 is 0 Å². The molecule has 0 aliphatic rings. The number of hydrogen-bond donors (Lipinski definition) is 2. The number of thiophene rings is 1. The molecule has 0 unspecified atom stereocenters. The third-order valence-electron chi connectivity index (χ3n) is 4.97. The van der Waals surface area contributed by atoms with Gasteiger partial charge in [-0.3, -0.25) is 4.79 Å². The number of phenolic OH excluding ortho intramolecular Hbond substituents is 1. The lowest BCUT2D eigenvalue weighted by Gasteiger charge is -2.06. The van der Waals surface area contributed by atoms with E-state index in [-0.39, 0.29) is 17.5 Å². The molecule has 5 heteroatoms. The van der Waals surface area contributed by atoms with Gasteiger partial charge in [0.25, 0.3) is 5.95 Å². The van der Waals surface area contributed by atoms with Gasteiger partial charge < -0.3 is 14.6 Å². The Morgan fingerprint density at radius 3 is 2.23 bits per heavy atom. The Balaban J connectivity index is 1.66. The molecule has 2 heterocycles. The maximum absolute atomic E-state index is 13.3. The average Bonchev–Trinajstić information content (AvgIpc) is 3.37. The van der Waals surface area contributed by atoms with Crippen molar-refractivity contribution < 1.29 is 19.4 Å². The minimum Gasteiger partial charge on any atom is -0.508 e. The first-order valence-electron chi connectivity index (χ1n) is 9.35. The van der Waals surface area contributed by atoms with Crippen molar-refractivity contribution in [3.8, 4) is 34.1 Å². The van der Waals surface area contributed by atoms with Crippen LogP contribution in [-0.4, -0.2) is 16.0 Å². The molecule has 0 saturated carbocycles. The van der Waals surface area contributed by atoms with E-state index < -0.39 is 0 Å². The second-order valence-corrected chi connectivity index (χ2v) is 7.95. The summed E-state index contributed by atoms with van der Waals surface area (Å²) in [6, 6.07) is 25.2. The smallest absolute Gasteiger partial charge is 0.282 e. The van der Waals surface area contributed by atoms with Crippen LogP contribution in [0, 0.1) is 0 Å². The van der Waals surface area contributed by atoms with Crippen molar-refractivity contribution in [3.05, 3.63) is 95.4 Å². The van der Waals surface area contributed by atoms with Crippen LogP contribution in [0.15, 0.2) is 89.3 Å². The molecule has 0 atom stereocenters. The SMILES string of the molecule is O=C(c1ccccc1)c1sc2cc(O)ccc2c1-c1ccc(-c2ccc(O)o2)cc1. The Morgan fingerprint density at radius 1 is 0.800 bits per heavy atom. The molecule has 4 nitrogen and oxygen atoms in total. The molecular formula is C25H16O4S. The summed E-state index contributed by atoms with van der Waals surface area (Å²) < 4.78 is 6.13.